The van der Waals surface area contributed by atoms with Crippen molar-refractivity contribution in [3.05, 3.63) is 52.2 Å². The standard InChI is InChI=1S/C15H19N3OS/c1-18(2)13-7-5-12(6-8-13)10-16-15(19)17-11-14-4-3-9-20-14/h3-9H,10-11H2,1-2H3,(H2,16,17,19). The first-order valence-electron chi connectivity index (χ1n) is 6.45. The van der Waals surface area contributed by atoms with Crippen molar-refractivity contribution in [3.8, 4) is 0 Å². The predicted molar refractivity (Wildman–Crippen MR) is 84.2 cm³/mol. The summed E-state index contributed by atoms with van der Waals surface area (Å²) in [7, 11) is 4.01. The number of rotatable bonds is 5. The van der Waals surface area contributed by atoms with Gasteiger partial charge in [0.25, 0.3) is 0 Å². The van der Waals surface area contributed by atoms with E-state index in [2.05, 4.69) is 10.6 Å². The highest BCUT2D eigenvalue weighted by Crippen LogP contribution is 2.12. The third-order valence-corrected chi connectivity index (χ3v) is 3.79. The van der Waals surface area contributed by atoms with Crippen LogP contribution in [0.15, 0.2) is 41.8 Å². The Morgan fingerprint density at radius 2 is 1.80 bits per heavy atom. The van der Waals surface area contributed by atoms with Gasteiger partial charge in [0.2, 0.25) is 0 Å². The van der Waals surface area contributed by atoms with Crippen LogP contribution in [0, 0.1) is 0 Å². The third kappa shape index (κ3) is 4.28. The maximum atomic E-state index is 11.7. The molecule has 0 aliphatic heterocycles. The van der Waals surface area contributed by atoms with Gasteiger partial charge in [-0.05, 0) is 29.1 Å². The summed E-state index contributed by atoms with van der Waals surface area (Å²) in [6, 6.07) is 12.0. The fraction of sp³-hybridized carbons (Fsp3) is 0.267. The number of urea groups is 1. The zero-order valence-electron chi connectivity index (χ0n) is 11.7. The number of benzene rings is 1. The van der Waals surface area contributed by atoms with Crippen LogP contribution in [-0.4, -0.2) is 20.1 Å². The monoisotopic (exact) mass is 289 g/mol. The molecule has 5 heteroatoms. The molecule has 2 amide bonds. The molecule has 2 aromatic rings. The van der Waals surface area contributed by atoms with E-state index in [9.17, 15) is 4.79 Å². The van der Waals surface area contributed by atoms with E-state index >= 15 is 0 Å². The fourth-order valence-corrected chi connectivity index (χ4v) is 2.38. The van der Waals surface area contributed by atoms with Crippen molar-refractivity contribution >= 4 is 23.1 Å². The minimum absolute atomic E-state index is 0.143. The molecule has 0 fully saturated rings. The number of hydrogen-bond acceptors (Lipinski definition) is 3. The molecule has 0 aliphatic rings. The molecule has 0 saturated carbocycles. The van der Waals surface area contributed by atoms with Gasteiger partial charge in [0.1, 0.15) is 0 Å². The molecule has 0 saturated heterocycles. The molecule has 0 atom stereocenters. The lowest BCUT2D eigenvalue weighted by Gasteiger charge is -2.13. The average molecular weight is 289 g/mol. The molecule has 106 valence electrons. The fourth-order valence-electron chi connectivity index (χ4n) is 1.74. The number of nitrogens with zero attached hydrogens (tertiary/aromatic N) is 1. The number of nitrogens with one attached hydrogen (secondary N) is 2. The molecule has 20 heavy (non-hydrogen) atoms. The highest BCUT2D eigenvalue weighted by atomic mass is 32.1. The molecule has 0 radical (unpaired) electrons. The lowest BCUT2D eigenvalue weighted by molar-refractivity contribution is 0.240. The van der Waals surface area contributed by atoms with Crippen LogP contribution >= 0.6 is 11.3 Å². The van der Waals surface area contributed by atoms with E-state index < -0.39 is 0 Å². The molecule has 4 nitrogen and oxygen atoms in total. The maximum Gasteiger partial charge on any atom is 0.315 e. The average Bonchev–Trinajstić information content (AvgIpc) is 2.96. The lowest BCUT2D eigenvalue weighted by atomic mass is 10.2. The van der Waals surface area contributed by atoms with Gasteiger partial charge in [0, 0.05) is 31.2 Å². The van der Waals surface area contributed by atoms with Crippen molar-refractivity contribution in [2.24, 2.45) is 0 Å². The van der Waals surface area contributed by atoms with Crippen molar-refractivity contribution in [1.82, 2.24) is 10.6 Å². The van der Waals surface area contributed by atoms with E-state index in [1.54, 1.807) is 11.3 Å². The smallest absolute Gasteiger partial charge is 0.315 e. The van der Waals surface area contributed by atoms with Crippen LogP contribution in [0.25, 0.3) is 0 Å². The van der Waals surface area contributed by atoms with Gasteiger partial charge in [0.15, 0.2) is 0 Å². The van der Waals surface area contributed by atoms with Gasteiger partial charge < -0.3 is 15.5 Å². The lowest BCUT2D eigenvalue weighted by Crippen LogP contribution is -2.34. The molecule has 2 N–H and O–H groups in total. The summed E-state index contributed by atoms with van der Waals surface area (Å²) >= 11 is 1.64. The quantitative estimate of drug-likeness (QED) is 0.889. The van der Waals surface area contributed by atoms with Crippen LogP contribution in [0.2, 0.25) is 0 Å². The Balaban J connectivity index is 1.75. The van der Waals surface area contributed by atoms with Crippen molar-refractivity contribution in [3.63, 3.8) is 0 Å². The molecule has 1 heterocycles. The van der Waals surface area contributed by atoms with E-state index in [1.807, 2.05) is 60.8 Å². The molecular formula is C15H19N3OS. The number of carbonyl (C=O) groups excluding carboxylic acids is 1. The molecule has 1 aromatic heterocycles. The summed E-state index contributed by atoms with van der Waals surface area (Å²) in [5.41, 5.74) is 2.23. The topological polar surface area (TPSA) is 44.4 Å². The highest BCUT2D eigenvalue weighted by Gasteiger charge is 2.02. The molecule has 0 aliphatic carbocycles. The molecular weight excluding hydrogens is 270 g/mol. The summed E-state index contributed by atoms with van der Waals surface area (Å²) in [4.78, 5) is 14.9. The predicted octanol–water partition coefficient (Wildman–Crippen LogP) is 2.81. The Morgan fingerprint density at radius 3 is 2.40 bits per heavy atom. The second-order valence-corrected chi connectivity index (χ2v) is 5.71. The number of amides is 2. The van der Waals surface area contributed by atoms with Crippen LogP contribution in [0.1, 0.15) is 10.4 Å². The second-order valence-electron chi connectivity index (χ2n) is 4.68. The minimum atomic E-state index is -0.143. The van der Waals surface area contributed by atoms with Gasteiger partial charge >= 0.3 is 6.03 Å². The Bertz CT molecular complexity index is 535. The SMILES string of the molecule is CN(C)c1ccc(CNC(=O)NCc2cccs2)cc1. The van der Waals surface area contributed by atoms with E-state index in [-0.39, 0.29) is 6.03 Å². The second kappa shape index (κ2) is 6.96. The Hall–Kier alpha value is -2.01. The Morgan fingerprint density at radius 1 is 1.10 bits per heavy atom. The van der Waals surface area contributed by atoms with Crippen LogP contribution < -0.4 is 15.5 Å². The van der Waals surface area contributed by atoms with Crippen LogP contribution in [0.5, 0.6) is 0 Å². The van der Waals surface area contributed by atoms with Gasteiger partial charge in [-0.25, -0.2) is 4.79 Å². The van der Waals surface area contributed by atoms with Gasteiger partial charge in [-0.1, -0.05) is 18.2 Å². The third-order valence-electron chi connectivity index (χ3n) is 2.91. The van der Waals surface area contributed by atoms with E-state index in [0.29, 0.717) is 13.1 Å². The first-order valence-corrected chi connectivity index (χ1v) is 7.33. The summed E-state index contributed by atoms with van der Waals surface area (Å²) in [5, 5.41) is 7.69. The largest absolute Gasteiger partial charge is 0.378 e. The molecule has 0 spiro atoms. The molecule has 1 aromatic carbocycles. The Labute approximate surface area is 123 Å². The normalized spacial score (nSPS) is 10.1. The molecule has 0 unspecified atom stereocenters. The van der Waals surface area contributed by atoms with Gasteiger partial charge in [-0.3, -0.25) is 0 Å². The first kappa shape index (κ1) is 14.4. The van der Waals surface area contributed by atoms with E-state index in [0.717, 1.165) is 16.1 Å². The van der Waals surface area contributed by atoms with Crippen molar-refractivity contribution in [2.75, 3.05) is 19.0 Å². The maximum absolute atomic E-state index is 11.7. The molecule has 0 bridgehead atoms. The number of thiophene rings is 1. The number of anilines is 1. The van der Waals surface area contributed by atoms with Crippen LogP contribution in [0.3, 0.4) is 0 Å². The highest BCUT2D eigenvalue weighted by molar-refractivity contribution is 7.09. The zero-order valence-corrected chi connectivity index (χ0v) is 12.5. The number of hydrogen-bond donors (Lipinski definition) is 2. The van der Waals surface area contributed by atoms with Gasteiger partial charge in [0.05, 0.1) is 6.54 Å². The van der Waals surface area contributed by atoms with Crippen molar-refractivity contribution in [2.45, 2.75) is 13.1 Å². The molecule has 2 rings (SSSR count). The summed E-state index contributed by atoms with van der Waals surface area (Å²) < 4.78 is 0. The van der Waals surface area contributed by atoms with Crippen molar-refractivity contribution < 1.29 is 4.79 Å². The summed E-state index contributed by atoms with van der Waals surface area (Å²) in [6.45, 7) is 1.10. The Kier molecular flexibility index (Phi) is 5.01. The van der Waals surface area contributed by atoms with Gasteiger partial charge in [-0.15, -0.1) is 11.3 Å². The van der Waals surface area contributed by atoms with E-state index in [4.69, 9.17) is 0 Å². The van der Waals surface area contributed by atoms with E-state index in [1.165, 1.54) is 0 Å². The van der Waals surface area contributed by atoms with Crippen LogP contribution in [0.4, 0.5) is 10.5 Å². The summed E-state index contributed by atoms with van der Waals surface area (Å²) in [6.07, 6.45) is 0. The summed E-state index contributed by atoms with van der Waals surface area (Å²) in [5.74, 6) is 0. The zero-order chi connectivity index (χ0) is 14.4. The number of carbonyl (C=O) groups is 1. The first-order chi connectivity index (χ1) is 9.65. The minimum Gasteiger partial charge on any atom is -0.378 e. The van der Waals surface area contributed by atoms with Crippen LogP contribution in [-0.2, 0) is 13.1 Å². The van der Waals surface area contributed by atoms with Crippen molar-refractivity contribution in [1.29, 1.82) is 0 Å². The van der Waals surface area contributed by atoms with Gasteiger partial charge in [-0.2, -0.15) is 0 Å².